The second-order valence-corrected chi connectivity index (χ2v) is 8.96. The largest absolute Gasteiger partial charge is 0.416 e. The molecule has 0 fully saturated rings. The molecule has 2 N–H and O–H groups in total. The quantitative estimate of drug-likeness (QED) is 0.357. The molecule has 2 aromatic heterocycles. The number of alkyl halides is 3. The van der Waals surface area contributed by atoms with E-state index in [9.17, 15) is 23.2 Å². The molecule has 0 bridgehead atoms. The van der Waals surface area contributed by atoms with Crippen LogP contribution in [0.4, 0.5) is 30.5 Å². The molecule has 0 spiro atoms. The van der Waals surface area contributed by atoms with E-state index in [0.717, 1.165) is 6.07 Å². The molecule has 0 aliphatic carbocycles. The van der Waals surface area contributed by atoms with E-state index in [1.54, 1.807) is 41.9 Å². The zero-order valence-corrected chi connectivity index (χ0v) is 21.3. The van der Waals surface area contributed by atoms with Crippen molar-refractivity contribution in [2.24, 2.45) is 7.05 Å². The highest BCUT2D eigenvalue weighted by atomic mass is 19.4. The first-order valence-electron chi connectivity index (χ1n) is 12.0. The minimum Gasteiger partial charge on any atom is -0.388 e. The number of pyridine rings is 1. The molecule has 4 aromatic rings. The summed E-state index contributed by atoms with van der Waals surface area (Å²) in [4.78, 5) is 19.3. The normalized spacial score (nSPS) is 12.8. The number of carbonyl (C=O) groups is 1. The van der Waals surface area contributed by atoms with E-state index in [-0.39, 0.29) is 29.2 Å². The number of amides is 1. The molecule has 5 rings (SSSR count). The molecule has 3 heterocycles. The summed E-state index contributed by atoms with van der Waals surface area (Å²) in [5.41, 5.74) is 1.58. The van der Waals surface area contributed by atoms with Gasteiger partial charge in [0.1, 0.15) is 18.0 Å². The van der Waals surface area contributed by atoms with Crippen molar-refractivity contribution < 1.29 is 18.0 Å². The molecule has 1 amide bonds. The third-order valence-electron chi connectivity index (χ3n) is 6.49. The van der Waals surface area contributed by atoms with Gasteiger partial charge in [-0.05, 0) is 60.0 Å². The van der Waals surface area contributed by atoms with Gasteiger partial charge in [-0.3, -0.25) is 9.69 Å². The number of nitriles is 1. The highest BCUT2D eigenvalue weighted by Crippen LogP contribution is 2.41. The van der Waals surface area contributed by atoms with Crippen LogP contribution in [-0.2, 0) is 19.8 Å². The van der Waals surface area contributed by atoms with Crippen LogP contribution in [0.1, 0.15) is 34.0 Å². The van der Waals surface area contributed by atoms with Gasteiger partial charge < -0.3 is 15.2 Å². The van der Waals surface area contributed by atoms with Gasteiger partial charge in [0.2, 0.25) is 0 Å². The number of nitrogens with zero attached hydrogens (tertiary/aromatic N) is 6. The van der Waals surface area contributed by atoms with Crippen LogP contribution in [0.15, 0.2) is 48.8 Å². The maximum Gasteiger partial charge on any atom is 0.416 e. The van der Waals surface area contributed by atoms with Gasteiger partial charge in [0.25, 0.3) is 5.91 Å². The lowest BCUT2D eigenvalue weighted by molar-refractivity contribution is -0.138. The van der Waals surface area contributed by atoms with Crippen LogP contribution in [0.25, 0.3) is 22.5 Å². The molecule has 198 valence electrons. The molecular weight excluding hydrogens is 509 g/mol. The Bertz CT molecular complexity index is 1640. The number of anilines is 3. The molecule has 0 atom stereocenters. The Hall–Kier alpha value is -4.92. The monoisotopic (exact) mass is 532 g/mol. The van der Waals surface area contributed by atoms with E-state index in [2.05, 4.69) is 31.9 Å². The molecule has 0 saturated carbocycles. The number of rotatable bonds is 6. The fraction of sp³-hybridized carbons (Fsp3) is 0.222. The Kier molecular flexibility index (Phi) is 6.43. The summed E-state index contributed by atoms with van der Waals surface area (Å²) in [7, 11) is 3.27. The van der Waals surface area contributed by atoms with Crippen LogP contribution in [0.3, 0.4) is 0 Å². The molecule has 1 aliphatic heterocycles. The summed E-state index contributed by atoms with van der Waals surface area (Å²) in [6, 6.07) is 13.1. The van der Waals surface area contributed by atoms with Crippen molar-refractivity contribution >= 4 is 23.2 Å². The number of hydrogen-bond acceptors (Lipinski definition) is 7. The second-order valence-electron chi connectivity index (χ2n) is 8.96. The standard InChI is InChI=1S/C27H23F3N8O/c1-4-33-23-8-16(18-6-5-15(12-31)7-19(18)25-36-34-14-37(25)3)9-24(35-23)38-13-21-20(26(38)39)10-17(32-2)11-22(21)27(28,29)30/h5-11,14,32H,4,13H2,1-3H3,(H,33,35). The van der Waals surface area contributed by atoms with Gasteiger partial charge in [0, 0.05) is 37.5 Å². The first-order valence-corrected chi connectivity index (χ1v) is 12.0. The van der Waals surface area contributed by atoms with Gasteiger partial charge in [0.05, 0.1) is 23.7 Å². The van der Waals surface area contributed by atoms with Crippen molar-refractivity contribution in [2.45, 2.75) is 19.6 Å². The lowest BCUT2D eigenvalue weighted by atomic mass is 9.97. The van der Waals surface area contributed by atoms with Crippen LogP contribution in [-0.4, -0.2) is 39.2 Å². The minimum absolute atomic E-state index is 0.0236. The summed E-state index contributed by atoms with van der Waals surface area (Å²) >= 11 is 0. The Morgan fingerprint density at radius 1 is 1.10 bits per heavy atom. The highest BCUT2D eigenvalue weighted by Gasteiger charge is 2.41. The van der Waals surface area contributed by atoms with Crippen molar-refractivity contribution in [3.05, 3.63) is 71.0 Å². The number of hydrogen-bond donors (Lipinski definition) is 2. The second kappa shape index (κ2) is 9.75. The molecule has 0 saturated heterocycles. The first kappa shape index (κ1) is 25.7. The van der Waals surface area contributed by atoms with E-state index in [4.69, 9.17) is 0 Å². The summed E-state index contributed by atoms with van der Waals surface area (Å²) in [6.07, 6.45) is -3.09. The Morgan fingerprint density at radius 3 is 2.54 bits per heavy atom. The smallest absolute Gasteiger partial charge is 0.388 e. The number of fused-ring (bicyclic) bond motifs is 1. The summed E-state index contributed by atoms with van der Waals surface area (Å²) < 4.78 is 43.5. The molecule has 1 aliphatic rings. The van der Waals surface area contributed by atoms with E-state index >= 15 is 0 Å². The Morgan fingerprint density at radius 2 is 1.90 bits per heavy atom. The third kappa shape index (κ3) is 4.63. The molecule has 0 radical (unpaired) electrons. The number of carbonyl (C=O) groups excluding carboxylic acids is 1. The van der Waals surface area contributed by atoms with Crippen molar-refractivity contribution in [3.63, 3.8) is 0 Å². The van der Waals surface area contributed by atoms with Crippen LogP contribution < -0.4 is 15.5 Å². The molecule has 39 heavy (non-hydrogen) atoms. The number of aromatic nitrogens is 4. The summed E-state index contributed by atoms with van der Waals surface area (Å²) in [6.45, 7) is 2.13. The molecule has 9 nitrogen and oxygen atoms in total. The average Bonchev–Trinajstić information content (AvgIpc) is 3.49. The SMILES string of the molecule is CCNc1cc(-c2ccc(C#N)cc2-c2nncn2C)cc(N2Cc3c(cc(NC)cc3C(F)(F)F)C2=O)n1. The van der Waals surface area contributed by atoms with Crippen molar-refractivity contribution in [3.8, 4) is 28.6 Å². The van der Waals surface area contributed by atoms with Crippen molar-refractivity contribution in [1.29, 1.82) is 5.26 Å². The van der Waals surface area contributed by atoms with Gasteiger partial charge in [0.15, 0.2) is 5.82 Å². The van der Waals surface area contributed by atoms with Gasteiger partial charge in [-0.1, -0.05) is 6.07 Å². The molecule has 0 unspecified atom stereocenters. The fourth-order valence-electron chi connectivity index (χ4n) is 4.65. The zero-order valence-electron chi connectivity index (χ0n) is 21.3. The van der Waals surface area contributed by atoms with E-state index in [1.165, 1.54) is 24.3 Å². The molecule has 2 aromatic carbocycles. The highest BCUT2D eigenvalue weighted by molar-refractivity contribution is 6.10. The lowest BCUT2D eigenvalue weighted by Crippen LogP contribution is -2.24. The van der Waals surface area contributed by atoms with Gasteiger partial charge in [-0.15, -0.1) is 10.2 Å². The number of nitrogens with one attached hydrogen (secondary N) is 2. The predicted octanol–water partition coefficient (Wildman–Crippen LogP) is 5.07. The number of aryl methyl sites for hydroxylation is 1. The fourth-order valence-corrected chi connectivity index (χ4v) is 4.65. The van der Waals surface area contributed by atoms with E-state index in [1.807, 2.05) is 6.92 Å². The maximum absolute atomic E-state index is 13.9. The Labute approximate surface area is 221 Å². The third-order valence-corrected chi connectivity index (χ3v) is 6.49. The zero-order chi connectivity index (χ0) is 27.9. The summed E-state index contributed by atoms with van der Waals surface area (Å²) in [5, 5.41) is 23.5. The van der Waals surface area contributed by atoms with Gasteiger partial charge in [-0.2, -0.15) is 18.4 Å². The van der Waals surface area contributed by atoms with Crippen LogP contribution in [0.2, 0.25) is 0 Å². The molecular formula is C27H23F3N8O. The van der Waals surface area contributed by atoms with E-state index < -0.39 is 17.6 Å². The topological polar surface area (TPSA) is 112 Å². The van der Waals surface area contributed by atoms with Gasteiger partial charge in [-0.25, -0.2) is 4.98 Å². The lowest BCUT2D eigenvalue weighted by Gasteiger charge is -2.19. The predicted molar refractivity (Wildman–Crippen MR) is 140 cm³/mol. The van der Waals surface area contributed by atoms with Crippen molar-refractivity contribution in [2.75, 3.05) is 29.1 Å². The van der Waals surface area contributed by atoms with Gasteiger partial charge >= 0.3 is 6.18 Å². The van der Waals surface area contributed by atoms with Crippen LogP contribution in [0, 0.1) is 11.3 Å². The van der Waals surface area contributed by atoms with Crippen LogP contribution in [0.5, 0.6) is 0 Å². The van der Waals surface area contributed by atoms with E-state index in [0.29, 0.717) is 40.4 Å². The minimum atomic E-state index is -4.63. The molecule has 12 heteroatoms. The average molecular weight is 533 g/mol. The Balaban J connectivity index is 1.66. The number of benzene rings is 2. The summed E-state index contributed by atoms with van der Waals surface area (Å²) in [5.74, 6) is 0.573. The first-order chi connectivity index (χ1) is 18.6. The van der Waals surface area contributed by atoms with Crippen molar-refractivity contribution in [1.82, 2.24) is 19.7 Å². The number of halogens is 3. The van der Waals surface area contributed by atoms with Crippen LogP contribution >= 0.6 is 0 Å². The maximum atomic E-state index is 13.9.